The summed E-state index contributed by atoms with van der Waals surface area (Å²) >= 11 is 0. The minimum Gasteiger partial charge on any atom is -0.508 e. The highest BCUT2D eigenvalue weighted by molar-refractivity contribution is 5.94. The summed E-state index contributed by atoms with van der Waals surface area (Å²) in [6, 6.07) is 10.7. The summed E-state index contributed by atoms with van der Waals surface area (Å²) in [4.78, 5) is 49.4. The van der Waals surface area contributed by atoms with Gasteiger partial charge in [0.05, 0.1) is 12.6 Å². The Morgan fingerprint density at radius 1 is 0.829 bits per heavy atom. The molecule has 0 aromatic heterocycles. The van der Waals surface area contributed by atoms with E-state index in [4.69, 9.17) is 5.73 Å². The average molecular weight is 487 g/mol. The lowest BCUT2D eigenvalue weighted by atomic mass is 10.0. The van der Waals surface area contributed by atoms with E-state index in [1.807, 2.05) is 0 Å². The van der Waals surface area contributed by atoms with Crippen molar-refractivity contribution < 1.29 is 34.5 Å². The number of hydrogen-bond donors (Lipinski definition) is 7. The number of benzene rings is 2. The van der Waals surface area contributed by atoms with Gasteiger partial charge in [0.1, 0.15) is 23.9 Å². The zero-order valence-electron chi connectivity index (χ0n) is 19.2. The summed E-state index contributed by atoms with van der Waals surface area (Å²) in [5, 5.41) is 36.3. The molecule has 0 aliphatic heterocycles. The van der Waals surface area contributed by atoms with Crippen LogP contribution in [0.1, 0.15) is 18.1 Å². The van der Waals surface area contributed by atoms with Crippen molar-refractivity contribution in [2.24, 2.45) is 5.73 Å². The number of carbonyl (C=O) groups is 4. The van der Waals surface area contributed by atoms with Crippen molar-refractivity contribution in [1.29, 1.82) is 0 Å². The van der Waals surface area contributed by atoms with E-state index in [9.17, 15) is 34.5 Å². The molecule has 0 aliphatic carbocycles. The van der Waals surface area contributed by atoms with Gasteiger partial charge in [0.25, 0.3) is 0 Å². The molecule has 0 radical (unpaired) electrons. The molecule has 0 heterocycles. The topological polar surface area (TPSA) is 191 Å². The number of carboxylic acid groups (broad SMARTS) is 1. The first-order chi connectivity index (χ1) is 16.6. The van der Waals surface area contributed by atoms with Crippen LogP contribution in [0.2, 0.25) is 0 Å². The van der Waals surface area contributed by atoms with E-state index >= 15 is 0 Å². The van der Waals surface area contributed by atoms with Crippen LogP contribution in [0.5, 0.6) is 5.75 Å². The lowest BCUT2D eigenvalue weighted by Gasteiger charge is -2.26. The monoisotopic (exact) mass is 486 g/mol. The number of nitrogens with one attached hydrogen (secondary N) is 3. The molecule has 4 unspecified atom stereocenters. The zero-order chi connectivity index (χ0) is 26.0. The van der Waals surface area contributed by atoms with E-state index in [1.165, 1.54) is 19.1 Å². The van der Waals surface area contributed by atoms with Gasteiger partial charge in [-0.05, 0) is 30.2 Å². The zero-order valence-corrected chi connectivity index (χ0v) is 19.2. The first-order valence-corrected chi connectivity index (χ1v) is 10.9. The number of carboxylic acids is 1. The van der Waals surface area contributed by atoms with Gasteiger partial charge in [-0.2, -0.15) is 0 Å². The molecule has 4 atom stereocenters. The van der Waals surface area contributed by atoms with Crippen LogP contribution in [0.25, 0.3) is 0 Å². The van der Waals surface area contributed by atoms with Gasteiger partial charge in [-0.3, -0.25) is 14.4 Å². The van der Waals surface area contributed by atoms with Gasteiger partial charge < -0.3 is 37.0 Å². The van der Waals surface area contributed by atoms with E-state index in [-0.39, 0.29) is 25.1 Å². The molecule has 11 nitrogen and oxygen atoms in total. The van der Waals surface area contributed by atoms with E-state index < -0.39 is 47.9 Å². The molecule has 2 aromatic carbocycles. The van der Waals surface area contributed by atoms with E-state index in [0.717, 1.165) is 0 Å². The molecule has 188 valence electrons. The van der Waals surface area contributed by atoms with Crippen LogP contribution in [0.15, 0.2) is 54.6 Å². The molecule has 0 bridgehead atoms. The first-order valence-electron chi connectivity index (χ1n) is 10.9. The molecule has 0 saturated heterocycles. The van der Waals surface area contributed by atoms with Crippen molar-refractivity contribution >= 4 is 23.7 Å². The standard InChI is InChI=1S/C24H30N4O7/c1-14(29)21(23(33)27-19(24(34)35)12-15-5-3-2-4-6-15)28-22(32)18(26-20(31)13-25)11-16-7-9-17(30)10-8-16/h2-10,14,18-19,21,29-30H,11-13,25H2,1H3,(H,26,31)(H,27,33)(H,28,32)(H,34,35). The minimum absolute atomic E-state index is 0.00156. The quantitative estimate of drug-likeness (QED) is 0.200. The number of phenols is 1. The van der Waals surface area contributed by atoms with Crippen molar-refractivity contribution in [2.75, 3.05) is 6.54 Å². The molecule has 8 N–H and O–H groups in total. The Morgan fingerprint density at radius 2 is 1.40 bits per heavy atom. The van der Waals surface area contributed by atoms with Crippen molar-refractivity contribution in [3.05, 3.63) is 65.7 Å². The molecule has 35 heavy (non-hydrogen) atoms. The second-order valence-corrected chi connectivity index (χ2v) is 8.01. The summed E-state index contributed by atoms with van der Waals surface area (Å²) in [5.41, 5.74) is 6.62. The van der Waals surface area contributed by atoms with Crippen molar-refractivity contribution in [2.45, 2.75) is 44.0 Å². The van der Waals surface area contributed by atoms with E-state index in [0.29, 0.717) is 11.1 Å². The summed E-state index contributed by atoms with van der Waals surface area (Å²) in [6.07, 6.45) is -1.36. The fourth-order valence-corrected chi connectivity index (χ4v) is 3.30. The number of nitrogens with two attached hydrogens (primary N) is 1. The normalized spacial score (nSPS) is 14.1. The Kier molecular flexibility index (Phi) is 10.2. The van der Waals surface area contributed by atoms with Crippen molar-refractivity contribution in [1.82, 2.24) is 16.0 Å². The average Bonchev–Trinajstić information content (AvgIpc) is 2.83. The molecule has 11 heteroatoms. The minimum atomic E-state index is -1.49. The second-order valence-electron chi connectivity index (χ2n) is 8.01. The molecule has 2 aromatic rings. The fourth-order valence-electron chi connectivity index (χ4n) is 3.30. The van der Waals surface area contributed by atoms with Gasteiger partial charge in [0.2, 0.25) is 17.7 Å². The van der Waals surface area contributed by atoms with Gasteiger partial charge in [0, 0.05) is 12.8 Å². The van der Waals surface area contributed by atoms with Gasteiger partial charge in [-0.1, -0.05) is 42.5 Å². The number of hydrogen-bond acceptors (Lipinski definition) is 7. The third kappa shape index (κ3) is 8.72. The Bertz CT molecular complexity index is 1010. The molecule has 0 fully saturated rings. The summed E-state index contributed by atoms with van der Waals surface area (Å²) in [6.45, 7) is 0.893. The number of aliphatic hydroxyl groups excluding tert-OH is 1. The molecule has 0 aliphatic rings. The van der Waals surface area contributed by atoms with Crippen LogP contribution >= 0.6 is 0 Å². The maximum absolute atomic E-state index is 13.0. The second kappa shape index (κ2) is 13.1. The van der Waals surface area contributed by atoms with Crippen LogP contribution in [-0.4, -0.2) is 69.8 Å². The number of aliphatic carboxylic acids is 1. The molecule has 0 spiro atoms. The lowest BCUT2D eigenvalue weighted by molar-refractivity contribution is -0.143. The van der Waals surface area contributed by atoms with Crippen LogP contribution in [-0.2, 0) is 32.0 Å². The Hall–Kier alpha value is -3.96. The molecular weight excluding hydrogens is 456 g/mol. The number of aliphatic hydroxyl groups is 1. The molecule has 0 saturated carbocycles. The van der Waals surface area contributed by atoms with Crippen molar-refractivity contribution in [3.8, 4) is 5.75 Å². The maximum atomic E-state index is 13.0. The first kappa shape index (κ1) is 27.3. The number of amides is 3. The summed E-state index contributed by atoms with van der Waals surface area (Å²) in [5.74, 6) is -3.55. The number of aromatic hydroxyl groups is 1. The highest BCUT2D eigenvalue weighted by Gasteiger charge is 2.32. The number of rotatable bonds is 12. The smallest absolute Gasteiger partial charge is 0.326 e. The highest BCUT2D eigenvalue weighted by Crippen LogP contribution is 2.12. The van der Waals surface area contributed by atoms with Gasteiger partial charge >= 0.3 is 5.97 Å². The fraction of sp³-hybridized carbons (Fsp3) is 0.333. The SMILES string of the molecule is CC(O)C(NC(=O)C(Cc1ccc(O)cc1)NC(=O)CN)C(=O)NC(Cc1ccccc1)C(=O)O. The van der Waals surface area contributed by atoms with E-state index in [2.05, 4.69) is 16.0 Å². The Balaban J connectivity index is 2.15. The summed E-state index contributed by atoms with van der Waals surface area (Å²) in [7, 11) is 0. The number of phenolic OH excluding ortho intramolecular Hbond substituents is 1. The predicted octanol–water partition coefficient (Wildman–Crippen LogP) is -0.944. The van der Waals surface area contributed by atoms with Crippen LogP contribution in [0, 0.1) is 0 Å². The van der Waals surface area contributed by atoms with Crippen molar-refractivity contribution in [3.63, 3.8) is 0 Å². The Morgan fingerprint density at radius 3 is 1.94 bits per heavy atom. The lowest BCUT2D eigenvalue weighted by Crippen LogP contribution is -2.59. The van der Waals surface area contributed by atoms with Crippen LogP contribution < -0.4 is 21.7 Å². The van der Waals surface area contributed by atoms with Crippen LogP contribution in [0.3, 0.4) is 0 Å². The Labute approximate surface area is 202 Å². The summed E-state index contributed by atoms with van der Waals surface area (Å²) < 4.78 is 0. The third-order valence-corrected chi connectivity index (χ3v) is 5.17. The molecular formula is C24H30N4O7. The molecule has 3 amide bonds. The largest absolute Gasteiger partial charge is 0.508 e. The third-order valence-electron chi connectivity index (χ3n) is 5.17. The predicted molar refractivity (Wildman–Crippen MR) is 126 cm³/mol. The number of carbonyl (C=O) groups excluding carboxylic acids is 3. The molecule has 2 rings (SSSR count). The van der Waals surface area contributed by atoms with Crippen LogP contribution in [0.4, 0.5) is 0 Å². The maximum Gasteiger partial charge on any atom is 0.326 e. The van der Waals surface area contributed by atoms with E-state index in [1.54, 1.807) is 42.5 Å². The van der Waals surface area contributed by atoms with Gasteiger partial charge in [0.15, 0.2) is 0 Å². The van der Waals surface area contributed by atoms with Gasteiger partial charge in [-0.25, -0.2) is 4.79 Å². The van der Waals surface area contributed by atoms with Gasteiger partial charge in [-0.15, -0.1) is 0 Å². The highest BCUT2D eigenvalue weighted by atomic mass is 16.4.